The zero-order valence-electron chi connectivity index (χ0n) is 13.9. The van der Waals surface area contributed by atoms with E-state index in [1.54, 1.807) is 0 Å². The third-order valence-corrected chi connectivity index (χ3v) is 4.30. The molecule has 1 heterocycles. The Morgan fingerprint density at radius 3 is 1.96 bits per heavy atom. The highest BCUT2D eigenvalue weighted by atomic mass is 15.5. The van der Waals surface area contributed by atoms with Crippen LogP contribution in [0.1, 0.15) is 17.2 Å². The first-order chi connectivity index (χ1) is 12.4. The van der Waals surface area contributed by atoms with E-state index in [2.05, 4.69) is 108 Å². The van der Waals surface area contributed by atoms with Gasteiger partial charge in [0, 0.05) is 0 Å². The average molecular weight is 324 g/mol. The van der Waals surface area contributed by atoms with Crippen molar-refractivity contribution in [1.82, 2.24) is 5.43 Å². The van der Waals surface area contributed by atoms with Gasteiger partial charge in [-0.2, -0.15) is 0 Å². The zero-order valence-corrected chi connectivity index (χ0v) is 13.9. The number of allylic oxidation sites excluding steroid dienone is 1. The molecule has 4 rings (SSSR count). The highest BCUT2D eigenvalue weighted by Gasteiger charge is 2.25. The van der Waals surface area contributed by atoms with E-state index in [1.807, 2.05) is 12.1 Å². The van der Waals surface area contributed by atoms with Gasteiger partial charge in [-0.3, -0.25) is 10.4 Å². The molecule has 1 aliphatic rings. The molecule has 2 nitrogen and oxygen atoms in total. The SMILES string of the molecule is C1=C(/C=C/c2ccccc2)NN(c2ccccc2)[C@H]1c1ccccc1. The molecule has 0 radical (unpaired) electrons. The number of rotatable bonds is 4. The van der Waals surface area contributed by atoms with Crippen LogP contribution in [-0.4, -0.2) is 0 Å². The van der Waals surface area contributed by atoms with Crippen LogP contribution in [0.3, 0.4) is 0 Å². The molecule has 0 saturated heterocycles. The molecule has 1 atom stereocenters. The lowest BCUT2D eigenvalue weighted by Gasteiger charge is -2.27. The van der Waals surface area contributed by atoms with Crippen molar-refractivity contribution >= 4 is 11.8 Å². The summed E-state index contributed by atoms with van der Waals surface area (Å²) < 4.78 is 0. The van der Waals surface area contributed by atoms with Gasteiger partial charge in [0.25, 0.3) is 0 Å². The predicted octanol–water partition coefficient (Wildman–Crippen LogP) is 5.35. The maximum atomic E-state index is 3.53. The first kappa shape index (κ1) is 15.3. The highest BCUT2D eigenvalue weighted by molar-refractivity contribution is 5.57. The average Bonchev–Trinajstić information content (AvgIpc) is 3.13. The Kier molecular flexibility index (Phi) is 4.34. The van der Waals surface area contributed by atoms with Crippen LogP contribution < -0.4 is 10.4 Å². The molecule has 0 amide bonds. The van der Waals surface area contributed by atoms with Crippen molar-refractivity contribution in [3.63, 3.8) is 0 Å². The third kappa shape index (κ3) is 3.48. The van der Waals surface area contributed by atoms with Gasteiger partial charge in [-0.25, -0.2) is 0 Å². The molecular weight excluding hydrogens is 304 g/mol. The fourth-order valence-electron chi connectivity index (χ4n) is 3.04. The zero-order chi connectivity index (χ0) is 16.9. The summed E-state index contributed by atoms with van der Waals surface area (Å²) >= 11 is 0. The monoisotopic (exact) mass is 324 g/mol. The molecule has 0 fully saturated rings. The molecule has 25 heavy (non-hydrogen) atoms. The molecule has 0 spiro atoms. The van der Waals surface area contributed by atoms with Gasteiger partial charge in [0.15, 0.2) is 0 Å². The Morgan fingerprint density at radius 1 is 0.680 bits per heavy atom. The minimum atomic E-state index is 0.166. The molecule has 0 aromatic heterocycles. The van der Waals surface area contributed by atoms with Crippen molar-refractivity contribution < 1.29 is 0 Å². The van der Waals surface area contributed by atoms with E-state index < -0.39 is 0 Å². The van der Waals surface area contributed by atoms with Crippen molar-refractivity contribution in [3.8, 4) is 0 Å². The summed E-state index contributed by atoms with van der Waals surface area (Å²) in [6, 6.07) is 31.5. The molecule has 0 saturated carbocycles. The van der Waals surface area contributed by atoms with Crippen molar-refractivity contribution in [2.24, 2.45) is 0 Å². The van der Waals surface area contributed by atoms with Gasteiger partial charge in [-0.05, 0) is 35.4 Å². The highest BCUT2D eigenvalue weighted by Crippen LogP contribution is 2.32. The van der Waals surface area contributed by atoms with Crippen LogP contribution in [0, 0.1) is 0 Å². The topological polar surface area (TPSA) is 15.3 Å². The molecule has 0 aliphatic carbocycles. The number of hydrogen-bond acceptors (Lipinski definition) is 2. The summed E-state index contributed by atoms with van der Waals surface area (Å²) in [6.45, 7) is 0. The maximum Gasteiger partial charge on any atom is 0.0958 e. The Hall–Kier alpha value is -3.26. The minimum Gasteiger partial charge on any atom is -0.298 e. The molecule has 1 N–H and O–H groups in total. The summed E-state index contributed by atoms with van der Waals surface area (Å²) in [5, 5.41) is 2.21. The summed E-state index contributed by atoms with van der Waals surface area (Å²) in [5.41, 5.74) is 8.24. The number of hydrazine groups is 1. The predicted molar refractivity (Wildman–Crippen MR) is 105 cm³/mol. The van der Waals surface area contributed by atoms with E-state index in [9.17, 15) is 0 Å². The standard InChI is InChI=1S/C23H20N2/c1-4-10-19(11-5-1)16-17-21-18-23(20-12-6-2-7-13-20)25(24-21)22-14-8-3-9-15-22/h1-18,23-24H/b17-16+/t23-/m1/s1. The van der Waals surface area contributed by atoms with Crippen LogP contribution in [0.25, 0.3) is 6.08 Å². The fraction of sp³-hybridized carbons (Fsp3) is 0.0435. The molecule has 3 aromatic rings. The number of para-hydroxylation sites is 1. The minimum absolute atomic E-state index is 0.166. The smallest absolute Gasteiger partial charge is 0.0958 e. The van der Waals surface area contributed by atoms with Gasteiger partial charge in [0.1, 0.15) is 0 Å². The molecule has 3 aromatic carbocycles. The summed E-state index contributed by atoms with van der Waals surface area (Å²) in [6.07, 6.45) is 6.53. The van der Waals surface area contributed by atoms with Crippen molar-refractivity contribution in [2.45, 2.75) is 6.04 Å². The summed E-state index contributed by atoms with van der Waals surface area (Å²) in [4.78, 5) is 0. The van der Waals surface area contributed by atoms with Gasteiger partial charge in [-0.1, -0.05) is 84.9 Å². The normalized spacial score (nSPS) is 16.7. The summed E-state index contributed by atoms with van der Waals surface area (Å²) in [7, 11) is 0. The number of nitrogens with one attached hydrogen (secondary N) is 1. The molecule has 1 aliphatic heterocycles. The number of nitrogens with zero attached hydrogens (tertiary/aromatic N) is 1. The van der Waals surface area contributed by atoms with Crippen LogP contribution in [0.2, 0.25) is 0 Å². The lowest BCUT2D eigenvalue weighted by Crippen LogP contribution is -2.33. The Labute approximate surface area is 148 Å². The van der Waals surface area contributed by atoms with Gasteiger partial charge in [0.05, 0.1) is 17.4 Å². The Bertz CT molecular complexity index is 868. The lowest BCUT2D eigenvalue weighted by molar-refractivity contribution is 0.710. The molecular formula is C23H20N2. The lowest BCUT2D eigenvalue weighted by atomic mass is 10.1. The first-order valence-corrected chi connectivity index (χ1v) is 8.51. The first-order valence-electron chi connectivity index (χ1n) is 8.51. The van der Waals surface area contributed by atoms with Crippen LogP contribution in [0.5, 0.6) is 0 Å². The van der Waals surface area contributed by atoms with Crippen LogP contribution in [0.4, 0.5) is 5.69 Å². The van der Waals surface area contributed by atoms with E-state index in [0.29, 0.717) is 0 Å². The van der Waals surface area contributed by atoms with E-state index in [4.69, 9.17) is 0 Å². The molecule has 0 unspecified atom stereocenters. The van der Waals surface area contributed by atoms with Crippen molar-refractivity contribution in [1.29, 1.82) is 0 Å². The number of benzene rings is 3. The van der Waals surface area contributed by atoms with Crippen molar-refractivity contribution in [2.75, 3.05) is 5.01 Å². The van der Waals surface area contributed by atoms with Gasteiger partial charge >= 0.3 is 0 Å². The largest absolute Gasteiger partial charge is 0.298 e. The number of anilines is 1. The fourth-order valence-corrected chi connectivity index (χ4v) is 3.04. The van der Waals surface area contributed by atoms with E-state index in [1.165, 1.54) is 11.1 Å². The quantitative estimate of drug-likeness (QED) is 0.696. The summed E-state index contributed by atoms with van der Waals surface area (Å²) in [5.74, 6) is 0. The van der Waals surface area contributed by atoms with E-state index >= 15 is 0 Å². The van der Waals surface area contributed by atoms with Gasteiger partial charge in [0.2, 0.25) is 0 Å². The van der Waals surface area contributed by atoms with E-state index in [0.717, 1.165) is 11.4 Å². The second-order valence-corrected chi connectivity index (χ2v) is 6.04. The van der Waals surface area contributed by atoms with Crippen LogP contribution in [0.15, 0.2) is 109 Å². The Morgan fingerprint density at radius 2 is 1.28 bits per heavy atom. The van der Waals surface area contributed by atoms with E-state index in [-0.39, 0.29) is 6.04 Å². The Balaban J connectivity index is 1.64. The molecule has 2 heteroatoms. The maximum absolute atomic E-state index is 3.53. The van der Waals surface area contributed by atoms with Crippen molar-refractivity contribution in [3.05, 3.63) is 120 Å². The molecule has 0 bridgehead atoms. The second-order valence-electron chi connectivity index (χ2n) is 6.04. The molecule has 122 valence electrons. The third-order valence-electron chi connectivity index (χ3n) is 4.30. The van der Waals surface area contributed by atoms with Crippen LogP contribution in [-0.2, 0) is 0 Å². The van der Waals surface area contributed by atoms with Gasteiger partial charge in [-0.15, -0.1) is 0 Å². The van der Waals surface area contributed by atoms with Gasteiger partial charge < -0.3 is 0 Å². The number of hydrogen-bond donors (Lipinski definition) is 1. The van der Waals surface area contributed by atoms with Crippen LogP contribution >= 0.6 is 0 Å². The second kappa shape index (κ2) is 7.10.